The van der Waals surface area contributed by atoms with Gasteiger partial charge in [-0.2, -0.15) is 0 Å². The molecule has 6 nitrogen and oxygen atoms in total. The molecule has 0 spiro atoms. The number of hydrogen-bond acceptors (Lipinski definition) is 6. The number of hydrogen-bond donors (Lipinski definition) is 1. The Morgan fingerprint density at radius 2 is 1.90 bits per heavy atom. The fourth-order valence-corrected chi connectivity index (χ4v) is 5.04. The second-order valence-corrected chi connectivity index (χ2v) is 9.07. The predicted octanol–water partition coefficient (Wildman–Crippen LogP) is 4.18. The van der Waals surface area contributed by atoms with Gasteiger partial charge in [-0.25, -0.2) is 4.98 Å². The van der Waals surface area contributed by atoms with Gasteiger partial charge in [0.1, 0.15) is 18.2 Å². The van der Waals surface area contributed by atoms with Gasteiger partial charge < -0.3 is 9.64 Å². The van der Waals surface area contributed by atoms with E-state index in [1.807, 2.05) is 42.5 Å². The number of benzene rings is 2. The van der Waals surface area contributed by atoms with Crippen LogP contribution in [-0.2, 0) is 11.2 Å². The number of carbonyl (C=O) groups excluding carboxylic acids is 2. The van der Waals surface area contributed by atoms with Crippen LogP contribution in [-0.4, -0.2) is 40.6 Å². The molecule has 2 atom stereocenters. The van der Waals surface area contributed by atoms with E-state index in [2.05, 4.69) is 28.4 Å². The van der Waals surface area contributed by atoms with Crippen LogP contribution in [0, 0.1) is 0 Å². The Labute approximate surface area is 185 Å². The molecule has 0 saturated carbocycles. The molecule has 7 heteroatoms. The van der Waals surface area contributed by atoms with Crippen LogP contribution in [0.15, 0.2) is 60.7 Å². The average Bonchev–Trinajstić information content (AvgIpc) is 3.38. The third-order valence-corrected chi connectivity index (χ3v) is 6.79. The van der Waals surface area contributed by atoms with Crippen LogP contribution in [0.1, 0.15) is 18.4 Å². The van der Waals surface area contributed by atoms with E-state index in [-0.39, 0.29) is 22.4 Å². The Kier molecular flexibility index (Phi) is 5.51. The van der Waals surface area contributed by atoms with Gasteiger partial charge in [0.25, 0.3) is 5.24 Å². The minimum atomic E-state index is -0.347. The summed E-state index contributed by atoms with van der Waals surface area (Å²) in [5.41, 5.74) is 2.02. The molecular weight excluding hydrogens is 410 g/mol. The second kappa shape index (κ2) is 8.59. The third-order valence-electron chi connectivity index (χ3n) is 5.81. The van der Waals surface area contributed by atoms with Crippen LogP contribution in [0.25, 0.3) is 10.9 Å². The number of ether oxygens (including phenoxy) is 1. The van der Waals surface area contributed by atoms with Gasteiger partial charge in [0.15, 0.2) is 0 Å². The normalized spacial score (nSPS) is 21.0. The highest BCUT2D eigenvalue weighted by Crippen LogP contribution is 2.27. The summed E-state index contributed by atoms with van der Waals surface area (Å²) >= 11 is 1.06. The number of para-hydroxylation sites is 1. The van der Waals surface area contributed by atoms with Gasteiger partial charge in [0.2, 0.25) is 5.91 Å². The van der Waals surface area contributed by atoms with Crippen molar-refractivity contribution in [1.82, 2.24) is 10.3 Å². The summed E-state index contributed by atoms with van der Waals surface area (Å²) in [6, 6.07) is 20.5. The first-order valence-corrected chi connectivity index (χ1v) is 11.4. The molecule has 1 unspecified atom stereocenters. The Hall–Kier alpha value is -3.06. The first-order chi connectivity index (χ1) is 15.2. The molecule has 158 valence electrons. The van der Waals surface area contributed by atoms with Crippen molar-refractivity contribution in [2.45, 2.75) is 30.6 Å². The molecule has 0 bridgehead atoms. The molecule has 2 aliphatic rings. The molecule has 3 aromatic rings. The van der Waals surface area contributed by atoms with Gasteiger partial charge in [-0.1, -0.05) is 42.1 Å². The number of carbonyl (C=O) groups is 2. The van der Waals surface area contributed by atoms with Crippen LogP contribution in [0.3, 0.4) is 0 Å². The molecule has 31 heavy (non-hydrogen) atoms. The maximum atomic E-state index is 11.7. The molecule has 0 radical (unpaired) electrons. The number of rotatable bonds is 6. The summed E-state index contributed by atoms with van der Waals surface area (Å²) in [4.78, 5) is 30.2. The van der Waals surface area contributed by atoms with E-state index in [4.69, 9.17) is 9.72 Å². The molecule has 2 fully saturated rings. The maximum Gasteiger partial charge on any atom is 0.286 e. The van der Waals surface area contributed by atoms with Gasteiger partial charge in [0.05, 0.1) is 16.8 Å². The van der Waals surface area contributed by atoms with E-state index in [9.17, 15) is 9.59 Å². The summed E-state index contributed by atoms with van der Waals surface area (Å²) in [6.07, 6.45) is 2.74. The average molecular weight is 434 g/mol. The van der Waals surface area contributed by atoms with Gasteiger partial charge in [0, 0.05) is 11.9 Å². The summed E-state index contributed by atoms with van der Waals surface area (Å²) in [6.45, 7) is 1.58. The number of amides is 2. The van der Waals surface area contributed by atoms with E-state index < -0.39 is 0 Å². The van der Waals surface area contributed by atoms with E-state index in [1.165, 1.54) is 0 Å². The highest BCUT2D eigenvalue weighted by Gasteiger charge is 2.31. The predicted molar refractivity (Wildman–Crippen MR) is 123 cm³/mol. The standard InChI is InChI=1S/C24H23N3O3S/c28-23-21(31-24(29)26-23)14-16-7-10-19(11-8-16)30-15-18-5-3-13-27(18)22-12-9-17-4-1-2-6-20(17)25-22/h1-2,4,6-12,18,21H,3,5,13-15H2,(H,26,28,29)/t18-,21?/m0/s1. The fourth-order valence-electron chi connectivity index (χ4n) is 4.18. The quantitative estimate of drug-likeness (QED) is 0.629. The Morgan fingerprint density at radius 3 is 2.71 bits per heavy atom. The lowest BCUT2D eigenvalue weighted by Crippen LogP contribution is -2.34. The zero-order valence-electron chi connectivity index (χ0n) is 17.0. The molecule has 1 N–H and O–H groups in total. The monoisotopic (exact) mass is 433 g/mol. The summed E-state index contributed by atoms with van der Waals surface area (Å²) < 4.78 is 6.08. The zero-order valence-corrected chi connectivity index (χ0v) is 17.8. The number of thioether (sulfide) groups is 1. The van der Waals surface area contributed by atoms with Crippen molar-refractivity contribution in [2.75, 3.05) is 18.1 Å². The Morgan fingerprint density at radius 1 is 1.06 bits per heavy atom. The van der Waals surface area contributed by atoms with Gasteiger partial charge in [-0.05, 0) is 55.2 Å². The van der Waals surface area contributed by atoms with E-state index in [1.54, 1.807) is 0 Å². The third kappa shape index (κ3) is 4.37. The minimum absolute atomic E-state index is 0.209. The van der Waals surface area contributed by atoms with Crippen LogP contribution in [0.4, 0.5) is 10.6 Å². The lowest BCUT2D eigenvalue weighted by Gasteiger charge is -2.26. The van der Waals surface area contributed by atoms with Crippen LogP contribution >= 0.6 is 11.8 Å². The van der Waals surface area contributed by atoms with E-state index >= 15 is 0 Å². The molecular formula is C24H23N3O3S. The number of pyridine rings is 1. The molecule has 0 aliphatic carbocycles. The van der Waals surface area contributed by atoms with Crippen molar-refractivity contribution in [3.8, 4) is 5.75 Å². The number of nitrogens with zero attached hydrogens (tertiary/aromatic N) is 2. The SMILES string of the molecule is O=C1NC(=O)C(Cc2ccc(OC[C@@H]3CCCN3c3ccc4ccccc4n3)cc2)S1. The van der Waals surface area contributed by atoms with E-state index in [0.29, 0.717) is 13.0 Å². The topological polar surface area (TPSA) is 71.5 Å². The first kappa shape index (κ1) is 19.9. The van der Waals surface area contributed by atoms with Crippen molar-refractivity contribution in [3.05, 3.63) is 66.2 Å². The zero-order chi connectivity index (χ0) is 21.2. The molecule has 3 heterocycles. The molecule has 5 rings (SSSR count). The largest absolute Gasteiger partial charge is 0.491 e. The number of aromatic nitrogens is 1. The molecule has 2 aromatic carbocycles. The number of imide groups is 1. The maximum absolute atomic E-state index is 11.7. The highest BCUT2D eigenvalue weighted by atomic mass is 32.2. The summed E-state index contributed by atoms with van der Waals surface area (Å²) in [5.74, 6) is 1.60. The van der Waals surface area contributed by atoms with Crippen molar-refractivity contribution in [2.24, 2.45) is 0 Å². The fraction of sp³-hybridized carbons (Fsp3) is 0.292. The van der Waals surface area contributed by atoms with Gasteiger partial charge >= 0.3 is 0 Å². The summed E-state index contributed by atoms with van der Waals surface area (Å²) in [7, 11) is 0. The minimum Gasteiger partial charge on any atom is -0.491 e. The van der Waals surface area contributed by atoms with Crippen LogP contribution < -0.4 is 15.0 Å². The van der Waals surface area contributed by atoms with Crippen molar-refractivity contribution < 1.29 is 14.3 Å². The Bertz CT molecular complexity index is 1120. The van der Waals surface area contributed by atoms with Crippen molar-refractivity contribution >= 4 is 39.6 Å². The number of nitrogens with one attached hydrogen (secondary N) is 1. The Balaban J connectivity index is 1.20. The smallest absolute Gasteiger partial charge is 0.286 e. The molecule has 1 aromatic heterocycles. The van der Waals surface area contributed by atoms with Crippen molar-refractivity contribution in [1.29, 1.82) is 0 Å². The summed E-state index contributed by atoms with van der Waals surface area (Å²) in [5, 5.41) is 2.86. The van der Waals surface area contributed by atoms with Gasteiger partial charge in [-0.15, -0.1) is 0 Å². The lowest BCUT2D eigenvalue weighted by molar-refractivity contribution is -0.118. The van der Waals surface area contributed by atoms with Gasteiger partial charge in [-0.3, -0.25) is 14.9 Å². The highest BCUT2D eigenvalue weighted by molar-refractivity contribution is 8.15. The van der Waals surface area contributed by atoms with Crippen LogP contribution in [0.2, 0.25) is 0 Å². The number of anilines is 1. The first-order valence-electron chi connectivity index (χ1n) is 10.5. The van der Waals surface area contributed by atoms with E-state index in [0.717, 1.165) is 59.2 Å². The lowest BCUT2D eigenvalue weighted by atomic mass is 10.1. The molecule has 2 aliphatic heterocycles. The van der Waals surface area contributed by atoms with Crippen LogP contribution in [0.5, 0.6) is 5.75 Å². The van der Waals surface area contributed by atoms with Crippen molar-refractivity contribution in [3.63, 3.8) is 0 Å². The second-order valence-electron chi connectivity index (χ2n) is 7.89. The number of fused-ring (bicyclic) bond motifs is 1. The molecule has 2 amide bonds. The molecule has 2 saturated heterocycles.